The summed E-state index contributed by atoms with van der Waals surface area (Å²) < 4.78 is 28.3. The fraction of sp³-hybridized carbons (Fsp3) is 0.333. The summed E-state index contributed by atoms with van der Waals surface area (Å²) in [7, 11) is -3.39. The van der Waals surface area contributed by atoms with E-state index in [1.165, 1.54) is 0 Å². The van der Waals surface area contributed by atoms with E-state index in [2.05, 4.69) is 14.7 Å². The molecule has 0 aliphatic heterocycles. The Hall–Kier alpha value is -1.67. The standard InChI is InChI=1S/C12H16N4O2S2/c1-2-6-20(17,18)10-11(13)16-19-12(10)15-8-9-4-3-5-14-7-9/h3-5,7,15H,2,6,8H2,1H3,(H2,13,16). The smallest absolute Gasteiger partial charge is 0.185 e. The number of sulfone groups is 1. The summed E-state index contributed by atoms with van der Waals surface area (Å²) in [5.41, 5.74) is 6.65. The predicted octanol–water partition coefficient (Wildman–Crippen LogP) is 1.92. The van der Waals surface area contributed by atoms with Crippen LogP contribution < -0.4 is 11.1 Å². The van der Waals surface area contributed by atoms with Crippen LogP contribution in [0.5, 0.6) is 0 Å². The first-order valence-corrected chi connectivity index (χ1v) is 8.58. The van der Waals surface area contributed by atoms with Crippen LogP contribution in [0, 0.1) is 0 Å². The maximum absolute atomic E-state index is 12.2. The molecule has 0 spiro atoms. The van der Waals surface area contributed by atoms with Crippen molar-refractivity contribution in [3.63, 3.8) is 0 Å². The molecule has 6 nitrogen and oxygen atoms in total. The molecule has 2 aromatic rings. The summed E-state index contributed by atoms with van der Waals surface area (Å²) in [5.74, 6) is 0.133. The Kier molecular flexibility index (Phi) is 4.56. The normalized spacial score (nSPS) is 11.4. The van der Waals surface area contributed by atoms with Gasteiger partial charge >= 0.3 is 0 Å². The third-order valence-electron chi connectivity index (χ3n) is 2.63. The SMILES string of the molecule is CCCS(=O)(=O)c1c(N)nsc1NCc1cccnc1. The van der Waals surface area contributed by atoms with Gasteiger partial charge in [0.25, 0.3) is 0 Å². The Bertz CT molecular complexity index is 668. The molecule has 0 unspecified atom stereocenters. The van der Waals surface area contributed by atoms with Crippen LogP contribution >= 0.6 is 11.5 Å². The molecule has 0 bridgehead atoms. The second-order valence-corrected chi connectivity index (χ2v) is 7.08. The second-order valence-electron chi connectivity index (χ2n) is 4.26. The number of pyridine rings is 1. The fourth-order valence-electron chi connectivity index (χ4n) is 1.76. The molecule has 3 N–H and O–H groups in total. The predicted molar refractivity (Wildman–Crippen MR) is 80.4 cm³/mol. The van der Waals surface area contributed by atoms with Gasteiger partial charge in [0.05, 0.1) is 5.75 Å². The van der Waals surface area contributed by atoms with Gasteiger partial charge in [-0.2, -0.15) is 4.37 Å². The van der Waals surface area contributed by atoms with E-state index in [-0.39, 0.29) is 16.5 Å². The Labute approximate surface area is 122 Å². The summed E-state index contributed by atoms with van der Waals surface area (Å²) in [6.07, 6.45) is 3.95. The van der Waals surface area contributed by atoms with Crippen molar-refractivity contribution in [1.29, 1.82) is 0 Å². The minimum absolute atomic E-state index is 0.0667. The monoisotopic (exact) mass is 312 g/mol. The van der Waals surface area contributed by atoms with Crippen LogP contribution in [0.2, 0.25) is 0 Å². The van der Waals surface area contributed by atoms with Gasteiger partial charge in [0, 0.05) is 18.9 Å². The molecule has 0 saturated heterocycles. The second kappa shape index (κ2) is 6.19. The van der Waals surface area contributed by atoms with E-state index in [4.69, 9.17) is 5.73 Å². The number of anilines is 2. The molecule has 2 heterocycles. The third-order valence-corrected chi connectivity index (χ3v) is 5.56. The lowest BCUT2D eigenvalue weighted by Gasteiger charge is -2.07. The molecule has 0 aliphatic carbocycles. The van der Waals surface area contributed by atoms with Gasteiger partial charge < -0.3 is 11.1 Å². The Morgan fingerprint density at radius 2 is 2.25 bits per heavy atom. The molecule has 0 aliphatic rings. The molecule has 0 fully saturated rings. The molecule has 8 heteroatoms. The van der Waals surface area contributed by atoms with E-state index >= 15 is 0 Å². The van der Waals surface area contributed by atoms with Crippen molar-refractivity contribution in [2.45, 2.75) is 24.8 Å². The molecule has 0 radical (unpaired) electrons. The zero-order chi connectivity index (χ0) is 14.6. The van der Waals surface area contributed by atoms with Crippen LogP contribution in [0.25, 0.3) is 0 Å². The summed E-state index contributed by atoms with van der Waals surface area (Å²) in [6.45, 7) is 2.29. The number of nitrogens with one attached hydrogen (secondary N) is 1. The van der Waals surface area contributed by atoms with Gasteiger partial charge in [-0.05, 0) is 29.6 Å². The highest BCUT2D eigenvalue weighted by Crippen LogP contribution is 2.32. The van der Waals surface area contributed by atoms with Crippen LogP contribution in [0.15, 0.2) is 29.4 Å². The number of nitrogens with two attached hydrogens (primary N) is 1. The van der Waals surface area contributed by atoms with Crippen LogP contribution in [0.3, 0.4) is 0 Å². The lowest BCUT2D eigenvalue weighted by molar-refractivity contribution is 0.595. The Morgan fingerprint density at radius 3 is 2.90 bits per heavy atom. The van der Waals surface area contributed by atoms with Gasteiger partial charge in [-0.15, -0.1) is 0 Å². The summed E-state index contributed by atoms with van der Waals surface area (Å²) in [6, 6.07) is 3.73. The highest BCUT2D eigenvalue weighted by molar-refractivity contribution is 7.91. The molecule has 0 atom stereocenters. The van der Waals surface area contributed by atoms with E-state index in [0.717, 1.165) is 17.1 Å². The minimum Gasteiger partial charge on any atom is -0.382 e. The molecule has 2 rings (SSSR count). The zero-order valence-electron chi connectivity index (χ0n) is 11.0. The molecule has 2 aromatic heterocycles. The van der Waals surface area contributed by atoms with Crippen molar-refractivity contribution >= 4 is 32.2 Å². The van der Waals surface area contributed by atoms with E-state index in [1.807, 2.05) is 19.1 Å². The van der Waals surface area contributed by atoms with Crippen molar-refractivity contribution in [2.24, 2.45) is 0 Å². The largest absolute Gasteiger partial charge is 0.382 e. The molecule has 0 saturated carbocycles. The van der Waals surface area contributed by atoms with Gasteiger partial charge in [0.15, 0.2) is 15.7 Å². The van der Waals surface area contributed by atoms with Crippen LogP contribution in [0.4, 0.5) is 10.8 Å². The maximum atomic E-state index is 12.2. The minimum atomic E-state index is -3.39. The van der Waals surface area contributed by atoms with Gasteiger partial charge in [0.1, 0.15) is 9.90 Å². The lowest BCUT2D eigenvalue weighted by atomic mass is 10.3. The van der Waals surface area contributed by atoms with E-state index < -0.39 is 9.84 Å². The van der Waals surface area contributed by atoms with Gasteiger partial charge in [-0.3, -0.25) is 4.98 Å². The number of hydrogen-bond acceptors (Lipinski definition) is 7. The van der Waals surface area contributed by atoms with Gasteiger partial charge in [-0.25, -0.2) is 8.42 Å². The van der Waals surface area contributed by atoms with Crippen LogP contribution in [-0.2, 0) is 16.4 Å². The summed E-state index contributed by atoms with van der Waals surface area (Å²) >= 11 is 1.06. The van der Waals surface area contributed by atoms with Crippen LogP contribution in [-0.4, -0.2) is 23.5 Å². The Balaban J connectivity index is 2.22. The highest BCUT2D eigenvalue weighted by Gasteiger charge is 2.24. The van der Waals surface area contributed by atoms with Crippen LogP contribution in [0.1, 0.15) is 18.9 Å². The zero-order valence-corrected chi connectivity index (χ0v) is 12.7. The lowest BCUT2D eigenvalue weighted by Crippen LogP contribution is -2.10. The Morgan fingerprint density at radius 1 is 1.45 bits per heavy atom. The molecule has 0 amide bonds. The summed E-state index contributed by atoms with van der Waals surface area (Å²) in [5, 5.41) is 3.56. The quantitative estimate of drug-likeness (QED) is 0.845. The summed E-state index contributed by atoms with van der Waals surface area (Å²) in [4.78, 5) is 4.13. The first kappa shape index (κ1) is 14.7. The van der Waals surface area contributed by atoms with E-state index in [1.54, 1.807) is 12.4 Å². The van der Waals surface area contributed by atoms with Crippen molar-refractivity contribution in [3.05, 3.63) is 30.1 Å². The molecular formula is C12H16N4O2S2. The van der Waals surface area contributed by atoms with E-state index in [0.29, 0.717) is 18.0 Å². The molecule has 0 aromatic carbocycles. The number of nitrogen functional groups attached to an aromatic ring is 1. The average molecular weight is 312 g/mol. The number of rotatable bonds is 6. The highest BCUT2D eigenvalue weighted by atomic mass is 32.2. The first-order valence-electron chi connectivity index (χ1n) is 6.15. The molecule has 108 valence electrons. The first-order chi connectivity index (χ1) is 9.54. The molecule has 20 heavy (non-hydrogen) atoms. The average Bonchev–Trinajstić information content (AvgIpc) is 2.79. The van der Waals surface area contributed by atoms with Crippen molar-refractivity contribution in [3.8, 4) is 0 Å². The van der Waals surface area contributed by atoms with E-state index in [9.17, 15) is 8.42 Å². The fourth-order valence-corrected chi connectivity index (χ4v) is 4.38. The topological polar surface area (TPSA) is 98.0 Å². The van der Waals surface area contributed by atoms with Gasteiger partial charge in [-0.1, -0.05) is 13.0 Å². The van der Waals surface area contributed by atoms with Crippen molar-refractivity contribution in [2.75, 3.05) is 16.8 Å². The number of aromatic nitrogens is 2. The van der Waals surface area contributed by atoms with Crippen molar-refractivity contribution < 1.29 is 8.42 Å². The number of nitrogens with zero attached hydrogens (tertiary/aromatic N) is 2. The maximum Gasteiger partial charge on any atom is 0.185 e. The molecular weight excluding hydrogens is 296 g/mol. The number of hydrogen-bond donors (Lipinski definition) is 2. The van der Waals surface area contributed by atoms with Gasteiger partial charge in [0.2, 0.25) is 0 Å². The van der Waals surface area contributed by atoms with Crippen molar-refractivity contribution in [1.82, 2.24) is 9.36 Å². The third kappa shape index (κ3) is 3.26.